The van der Waals surface area contributed by atoms with Crippen molar-refractivity contribution in [2.24, 2.45) is 12.0 Å². The summed E-state index contributed by atoms with van der Waals surface area (Å²) in [6.07, 6.45) is 2.48. The fraction of sp³-hybridized carbons (Fsp3) is 0.688. The normalized spacial score (nSPS) is 11.5. The van der Waals surface area contributed by atoms with Crippen molar-refractivity contribution in [2.45, 2.75) is 19.9 Å². The Hall–Kier alpha value is -1.80. The zero-order chi connectivity index (χ0) is 18.8. The van der Waals surface area contributed by atoms with Gasteiger partial charge in [0, 0.05) is 47.9 Å². The van der Waals surface area contributed by atoms with Crippen molar-refractivity contribution in [1.29, 1.82) is 0 Å². The molecule has 25 heavy (non-hydrogen) atoms. The molecule has 8 nitrogen and oxygen atoms in total. The summed E-state index contributed by atoms with van der Waals surface area (Å²) >= 11 is 6.03. The number of likely N-dealkylation sites (N-methyl/N-ethyl adjacent to an activating group) is 1. The summed E-state index contributed by atoms with van der Waals surface area (Å²) in [5.41, 5.74) is 0. The van der Waals surface area contributed by atoms with Crippen LogP contribution in [-0.2, 0) is 23.1 Å². The van der Waals surface area contributed by atoms with Gasteiger partial charge in [-0.2, -0.15) is 0 Å². The van der Waals surface area contributed by atoms with E-state index in [1.807, 2.05) is 30.5 Å². The fourth-order valence-electron chi connectivity index (χ4n) is 1.97. The van der Waals surface area contributed by atoms with Crippen LogP contribution in [0.2, 0.25) is 5.15 Å². The van der Waals surface area contributed by atoms with Gasteiger partial charge in [-0.3, -0.25) is 4.79 Å². The van der Waals surface area contributed by atoms with Crippen LogP contribution in [-0.4, -0.2) is 78.7 Å². The van der Waals surface area contributed by atoms with Crippen molar-refractivity contribution in [1.82, 2.24) is 24.7 Å². The monoisotopic (exact) mass is 372 g/mol. The van der Waals surface area contributed by atoms with Crippen LogP contribution in [0.25, 0.3) is 0 Å². The number of imidazole rings is 1. The van der Waals surface area contributed by atoms with Gasteiger partial charge in [0.2, 0.25) is 5.91 Å². The number of nitrogens with one attached hydrogen (secondary N) is 1. The number of amides is 1. The lowest BCUT2D eigenvalue weighted by atomic mass is 10.4. The maximum absolute atomic E-state index is 11.8. The van der Waals surface area contributed by atoms with Gasteiger partial charge in [0.15, 0.2) is 5.96 Å². The number of hydrogen-bond donors (Lipinski definition) is 1. The summed E-state index contributed by atoms with van der Waals surface area (Å²) in [5, 5.41) is 3.85. The SMILES string of the molecule is CCOCCCNC(=NCC(=O)N(C)C)N(C)Cc1ncc(Cl)n1C. The minimum absolute atomic E-state index is 0.0537. The van der Waals surface area contributed by atoms with E-state index >= 15 is 0 Å². The van der Waals surface area contributed by atoms with Crippen LogP contribution in [0.3, 0.4) is 0 Å². The highest BCUT2D eigenvalue weighted by atomic mass is 35.5. The van der Waals surface area contributed by atoms with Crippen LogP contribution in [0.4, 0.5) is 0 Å². The smallest absolute Gasteiger partial charge is 0.243 e. The second kappa shape index (κ2) is 10.9. The first-order chi connectivity index (χ1) is 11.9. The molecule has 0 bridgehead atoms. The minimum Gasteiger partial charge on any atom is -0.382 e. The van der Waals surface area contributed by atoms with Crippen LogP contribution in [0.15, 0.2) is 11.2 Å². The Morgan fingerprint density at radius 3 is 2.72 bits per heavy atom. The maximum Gasteiger partial charge on any atom is 0.243 e. The van der Waals surface area contributed by atoms with Gasteiger partial charge in [-0.25, -0.2) is 9.98 Å². The molecule has 0 saturated heterocycles. The lowest BCUT2D eigenvalue weighted by Gasteiger charge is -2.22. The van der Waals surface area contributed by atoms with E-state index in [9.17, 15) is 4.79 Å². The van der Waals surface area contributed by atoms with Crippen LogP contribution in [0, 0.1) is 0 Å². The number of aliphatic imine (C=N–C) groups is 1. The number of hydrogen-bond acceptors (Lipinski definition) is 4. The van der Waals surface area contributed by atoms with Crippen LogP contribution < -0.4 is 5.32 Å². The molecule has 0 fully saturated rings. The van der Waals surface area contributed by atoms with Gasteiger partial charge in [0.25, 0.3) is 0 Å². The molecule has 142 valence electrons. The lowest BCUT2D eigenvalue weighted by molar-refractivity contribution is -0.127. The van der Waals surface area contributed by atoms with Gasteiger partial charge in [0.05, 0.1) is 12.7 Å². The van der Waals surface area contributed by atoms with Crippen LogP contribution in [0.1, 0.15) is 19.2 Å². The first-order valence-corrected chi connectivity index (χ1v) is 8.68. The molecule has 0 atom stereocenters. The summed E-state index contributed by atoms with van der Waals surface area (Å²) in [4.78, 5) is 24.0. The first-order valence-electron chi connectivity index (χ1n) is 8.30. The van der Waals surface area contributed by atoms with Gasteiger partial charge >= 0.3 is 0 Å². The molecule has 9 heteroatoms. The molecule has 0 aliphatic heterocycles. The summed E-state index contributed by atoms with van der Waals surface area (Å²) in [5.74, 6) is 1.41. The summed E-state index contributed by atoms with van der Waals surface area (Å²) in [6, 6.07) is 0. The number of ether oxygens (including phenoxy) is 1. The number of aromatic nitrogens is 2. The van der Waals surface area contributed by atoms with E-state index in [2.05, 4.69) is 15.3 Å². The van der Waals surface area contributed by atoms with Gasteiger partial charge < -0.3 is 24.4 Å². The number of rotatable bonds is 9. The molecule has 0 aliphatic carbocycles. The standard InChI is InChI=1S/C16H29ClN6O2/c1-6-25-9-7-8-18-16(20-11-15(24)21(2)3)22(4)12-14-19-10-13(17)23(14)5/h10H,6-9,11-12H2,1-5H3,(H,18,20). The fourth-order valence-corrected chi connectivity index (χ4v) is 2.12. The molecule has 0 aromatic carbocycles. The highest BCUT2D eigenvalue weighted by Gasteiger charge is 2.12. The Morgan fingerprint density at radius 2 is 2.16 bits per heavy atom. The average molecular weight is 373 g/mol. The third-order valence-electron chi connectivity index (χ3n) is 3.58. The van der Waals surface area contributed by atoms with Crippen LogP contribution >= 0.6 is 11.6 Å². The highest BCUT2D eigenvalue weighted by Crippen LogP contribution is 2.10. The molecule has 1 aromatic heterocycles. The molecule has 0 radical (unpaired) electrons. The zero-order valence-corrected chi connectivity index (χ0v) is 16.5. The highest BCUT2D eigenvalue weighted by molar-refractivity contribution is 6.29. The Bertz CT molecular complexity index is 573. The first kappa shape index (κ1) is 21.2. The zero-order valence-electron chi connectivity index (χ0n) is 15.8. The predicted molar refractivity (Wildman–Crippen MR) is 99.8 cm³/mol. The van der Waals surface area contributed by atoms with E-state index in [1.165, 1.54) is 4.90 Å². The molecular weight excluding hydrogens is 344 g/mol. The molecule has 1 aromatic rings. The number of halogens is 1. The minimum atomic E-state index is -0.0537. The number of carbonyl (C=O) groups is 1. The maximum atomic E-state index is 11.8. The summed E-state index contributed by atoms with van der Waals surface area (Å²) in [6.45, 7) is 4.69. The summed E-state index contributed by atoms with van der Waals surface area (Å²) in [7, 11) is 7.19. The van der Waals surface area contributed by atoms with Crippen molar-refractivity contribution in [2.75, 3.05) is 47.4 Å². The number of guanidine groups is 1. The largest absolute Gasteiger partial charge is 0.382 e. The van der Waals surface area contributed by atoms with Crippen molar-refractivity contribution < 1.29 is 9.53 Å². The van der Waals surface area contributed by atoms with Crippen molar-refractivity contribution >= 4 is 23.5 Å². The third-order valence-corrected chi connectivity index (χ3v) is 3.93. The molecule has 0 saturated carbocycles. The van der Waals surface area contributed by atoms with E-state index in [0.717, 1.165) is 12.2 Å². The Kier molecular flexibility index (Phi) is 9.30. The molecule has 1 amide bonds. The molecule has 1 heterocycles. The van der Waals surface area contributed by atoms with E-state index in [-0.39, 0.29) is 12.5 Å². The van der Waals surface area contributed by atoms with E-state index in [1.54, 1.807) is 20.3 Å². The molecular formula is C16H29ClN6O2. The van der Waals surface area contributed by atoms with E-state index in [0.29, 0.717) is 37.4 Å². The van der Waals surface area contributed by atoms with E-state index < -0.39 is 0 Å². The van der Waals surface area contributed by atoms with Gasteiger partial charge in [-0.05, 0) is 13.3 Å². The van der Waals surface area contributed by atoms with Gasteiger partial charge in [-0.1, -0.05) is 11.6 Å². The Morgan fingerprint density at radius 1 is 1.44 bits per heavy atom. The molecule has 0 unspecified atom stereocenters. The Balaban J connectivity index is 2.71. The quantitative estimate of drug-likeness (QED) is 0.397. The molecule has 0 spiro atoms. The van der Waals surface area contributed by atoms with Crippen LogP contribution in [0.5, 0.6) is 0 Å². The topological polar surface area (TPSA) is 75.0 Å². The molecule has 1 rings (SSSR count). The molecule has 1 N–H and O–H groups in total. The van der Waals surface area contributed by atoms with Gasteiger partial charge in [-0.15, -0.1) is 0 Å². The lowest BCUT2D eigenvalue weighted by Crippen LogP contribution is -2.40. The third kappa shape index (κ3) is 7.31. The number of carbonyl (C=O) groups excluding carboxylic acids is 1. The van der Waals surface area contributed by atoms with Crippen molar-refractivity contribution in [3.05, 3.63) is 17.2 Å². The van der Waals surface area contributed by atoms with Crippen molar-refractivity contribution in [3.63, 3.8) is 0 Å². The number of nitrogens with zero attached hydrogens (tertiary/aromatic N) is 5. The average Bonchev–Trinajstić information content (AvgIpc) is 2.88. The van der Waals surface area contributed by atoms with Crippen molar-refractivity contribution in [3.8, 4) is 0 Å². The van der Waals surface area contributed by atoms with E-state index in [4.69, 9.17) is 16.3 Å². The summed E-state index contributed by atoms with van der Waals surface area (Å²) < 4.78 is 7.15. The van der Waals surface area contributed by atoms with Gasteiger partial charge in [0.1, 0.15) is 17.5 Å². The second-order valence-electron chi connectivity index (χ2n) is 5.82. The predicted octanol–water partition coefficient (Wildman–Crippen LogP) is 0.966. The molecule has 0 aliphatic rings. The second-order valence-corrected chi connectivity index (χ2v) is 6.20. The Labute approximate surface area is 154 Å².